The second-order valence-electron chi connectivity index (χ2n) is 6.59. The topological polar surface area (TPSA) is 75.6 Å². The molecule has 5 heteroatoms. The normalized spacial score (nSPS) is 12.8. The van der Waals surface area contributed by atoms with Crippen molar-refractivity contribution in [3.63, 3.8) is 0 Å². The summed E-state index contributed by atoms with van der Waals surface area (Å²) in [6.45, 7) is 9.30. The predicted octanol–water partition coefficient (Wildman–Crippen LogP) is 3.33. The molecule has 0 spiro atoms. The fourth-order valence-corrected chi connectivity index (χ4v) is 2.15. The van der Waals surface area contributed by atoms with Gasteiger partial charge in [0.05, 0.1) is 0 Å². The van der Waals surface area contributed by atoms with Crippen LogP contribution in [0.5, 0.6) is 0 Å². The Bertz CT molecular complexity index is 532. The molecule has 0 bridgehead atoms. The zero-order valence-electron chi connectivity index (χ0n) is 13.8. The number of carbonyl (C=O) groups is 2. The smallest absolute Gasteiger partial charge is 0.408 e. The fourth-order valence-electron chi connectivity index (χ4n) is 2.15. The Hall–Kier alpha value is -2.04. The van der Waals surface area contributed by atoms with E-state index in [9.17, 15) is 14.7 Å². The molecule has 0 unspecified atom stereocenters. The van der Waals surface area contributed by atoms with Gasteiger partial charge in [0.25, 0.3) is 0 Å². The molecule has 0 saturated carbocycles. The van der Waals surface area contributed by atoms with E-state index >= 15 is 0 Å². The van der Waals surface area contributed by atoms with Crippen molar-refractivity contribution in [1.29, 1.82) is 0 Å². The van der Waals surface area contributed by atoms with Crippen LogP contribution in [-0.4, -0.2) is 28.8 Å². The van der Waals surface area contributed by atoms with Crippen molar-refractivity contribution < 1.29 is 19.4 Å². The lowest BCUT2D eigenvalue weighted by Crippen LogP contribution is -2.44. The number of ether oxygens (including phenoxy) is 1. The van der Waals surface area contributed by atoms with E-state index in [0.29, 0.717) is 0 Å². The first kappa shape index (κ1) is 18.0. The molecule has 0 aliphatic heterocycles. The number of carboxylic acids is 1. The Morgan fingerprint density at radius 3 is 2.32 bits per heavy atom. The minimum atomic E-state index is -1.08. The zero-order valence-corrected chi connectivity index (χ0v) is 13.8. The van der Waals surface area contributed by atoms with Crippen molar-refractivity contribution in [2.24, 2.45) is 0 Å². The third kappa shape index (κ3) is 5.76. The first-order valence-electron chi connectivity index (χ1n) is 7.40. The number of benzene rings is 1. The van der Waals surface area contributed by atoms with Gasteiger partial charge in [-0.15, -0.1) is 0 Å². The van der Waals surface area contributed by atoms with Gasteiger partial charge in [-0.05, 0) is 37.8 Å². The van der Waals surface area contributed by atoms with Crippen molar-refractivity contribution in [2.75, 3.05) is 0 Å². The molecule has 1 rings (SSSR count). The van der Waals surface area contributed by atoms with E-state index in [2.05, 4.69) is 19.2 Å². The van der Waals surface area contributed by atoms with Gasteiger partial charge in [-0.25, -0.2) is 9.59 Å². The van der Waals surface area contributed by atoms with E-state index in [0.717, 1.165) is 11.1 Å². The first-order chi connectivity index (χ1) is 10.1. The number of nitrogens with one attached hydrogen (secondary N) is 1. The maximum absolute atomic E-state index is 11.8. The average molecular weight is 307 g/mol. The third-order valence-electron chi connectivity index (χ3n) is 3.09. The van der Waals surface area contributed by atoms with Crippen LogP contribution in [0.1, 0.15) is 51.7 Å². The quantitative estimate of drug-likeness (QED) is 0.875. The van der Waals surface area contributed by atoms with Crippen molar-refractivity contribution in [1.82, 2.24) is 5.32 Å². The second kappa shape index (κ2) is 7.29. The van der Waals surface area contributed by atoms with Crippen LogP contribution in [0.15, 0.2) is 24.3 Å². The average Bonchev–Trinajstić information content (AvgIpc) is 2.35. The largest absolute Gasteiger partial charge is 0.480 e. The molecule has 0 aliphatic carbocycles. The monoisotopic (exact) mass is 307 g/mol. The van der Waals surface area contributed by atoms with Gasteiger partial charge in [-0.2, -0.15) is 0 Å². The van der Waals surface area contributed by atoms with Crippen LogP contribution in [-0.2, 0) is 16.0 Å². The van der Waals surface area contributed by atoms with Crippen LogP contribution in [0.2, 0.25) is 0 Å². The second-order valence-corrected chi connectivity index (χ2v) is 6.59. The molecular weight excluding hydrogens is 282 g/mol. The summed E-state index contributed by atoms with van der Waals surface area (Å²) in [7, 11) is 0. The summed E-state index contributed by atoms with van der Waals surface area (Å²) in [5.41, 5.74) is 1.34. The number of carboxylic acid groups (broad SMARTS) is 1. The van der Waals surface area contributed by atoms with Gasteiger partial charge in [0, 0.05) is 6.42 Å². The molecule has 122 valence electrons. The molecule has 5 nitrogen and oxygen atoms in total. The Morgan fingerprint density at radius 2 is 1.82 bits per heavy atom. The highest BCUT2D eigenvalue weighted by molar-refractivity contribution is 5.80. The first-order valence-corrected chi connectivity index (χ1v) is 7.40. The number of rotatable bonds is 5. The van der Waals surface area contributed by atoms with Crippen LogP contribution >= 0.6 is 0 Å². The number of amides is 1. The Morgan fingerprint density at radius 1 is 1.23 bits per heavy atom. The maximum atomic E-state index is 11.8. The minimum Gasteiger partial charge on any atom is -0.480 e. The number of hydrogen-bond donors (Lipinski definition) is 2. The summed E-state index contributed by atoms with van der Waals surface area (Å²) in [6, 6.07) is 6.65. The van der Waals surface area contributed by atoms with E-state index < -0.39 is 23.7 Å². The SMILES string of the molecule is CC(C)c1ccccc1C[C@H](NC(=O)OC(C)(C)C)C(=O)O. The summed E-state index contributed by atoms with van der Waals surface area (Å²) in [4.78, 5) is 23.2. The summed E-state index contributed by atoms with van der Waals surface area (Å²) in [6.07, 6.45) is -0.495. The molecule has 0 heterocycles. The Labute approximate surface area is 131 Å². The van der Waals surface area contributed by atoms with Gasteiger partial charge in [0.2, 0.25) is 0 Å². The minimum absolute atomic E-state index is 0.225. The standard InChI is InChI=1S/C17H25NO4/c1-11(2)13-9-7-6-8-12(13)10-14(15(19)20)18-16(21)22-17(3,4)5/h6-9,11,14H,10H2,1-5H3,(H,18,21)(H,19,20)/t14-/m0/s1. The Balaban J connectivity index is 2.86. The van der Waals surface area contributed by atoms with Gasteiger partial charge >= 0.3 is 12.1 Å². The molecule has 1 amide bonds. The zero-order chi connectivity index (χ0) is 16.9. The molecule has 0 fully saturated rings. The van der Waals surface area contributed by atoms with Crippen LogP contribution in [0, 0.1) is 0 Å². The molecule has 1 aromatic carbocycles. The van der Waals surface area contributed by atoms with Gasteiger partial charge < -0.3 is 15.2 Å². The van der Waals surface area contributed by atoms with E-state index in [1.54, 1.807) is 20.8 Å². The highest BCUT2D eigenvalue weighted by Gasteiger charge is 2.25. The highest BCUT2D eigenvalue weighted by Crippen LogP contribution is 2.20. The summed E-state index contributed by atoms with van der Waals surface area (Å²) in [5.74, 6) is -0.795. The lowest BCUT2D eigenvalue weighted by Gasteiger charge is -2.22. The van der Waals surface area contributed by atoms with E-state index in [1.165, 1.54) is 0 Å². The van der Waals surface area contributed by atoms with E-state index in [1.807, 2.05) is 24.3 Å². The lowest BCUT2D eigenvalue weighted by atomic mass is 9.93. The number of carbonyl (C=O) groups excluding carboxylic acids is 1. The van der Waals surface area contributed by atoms with Gasteiger partial charge in [-0.3, -0.25) is 0 Å². The van der Waals surface area contributed by atoms with Gasteiger partial charge in [-0.1, -0.05) is 38.1 Å². The van der Waals surface area contributed by atoms with E-state index in [-0.39, 0.29) is 12.3 Å². The molecule has 22 heavy (non-hydrogen) atoms. The number of alkyl carbamates (subject to hydrolysis) is 1. The predicted molar refractivity (Wildman–Crippen MR) is 85.0 cm³/mol. The molecule has 2 N–H and O–H groups in total. The molecule has 0 aliphatic rings. The van der Waals surface area contributed by atoms with Crippen molar-refractivity contribution in [2.45, 2.75) is 58.6 Å². The van der Waals surface area contributed by atoms with Gasteiger partial charge in [0.15, 0.2) is 0 Å². The van der Waals surface area contributed by atoms with Crippen molar-refractivity contribution in [3.8, 4) is 0 Å². The number of hydrogen-bond acceptors (Lipinski definition) is 3. The molecular formula is C17H25NO4. The molecule has 0 radical (unpaired) electrons. The van der Waals surface area contributed by atoms with Crippen molar-refractivity contribution in [3.05, 3.63) is 35.4 Å². The summed E-state index contributed by atoms with van der Waals surface area (Å²) >= 11 is 0. The highest BCUT2D eigenvalue weighted by atomic mass is 16.6. The molecule has 1 atom stereocenters. The van der Waals surface area contributed by atoms with Gasteiger partial charge in [0.1, 0.15) is 11.6 Å². The van der Waals surface area contributed by atoms with Crippen LogP contribution in [0.4, 0.5) is 4.79 Å². The van der Waals surface area contributed by atoms with Crippen molar-refractivity contribution >= 4 is 12.1 Å². The summed E-state index contributed by atoms with van der Waals surface area (Å²) in [5, 5.41) is 11.8. The fraction of sp³-hybridized carbons (Fsp3) is 0.529. The Kier molecular flexibility index (Phi) is 5.97. The van der Waals surface area contributed by atoms with Crippen LogP contribution in [0.3, 0.4) is 0 Å². The molecule has 0 saturated heterocycles. The third-order valence-corrected chi connectivity index (χ3v) is 3.09. The maximum Gasteiger partial charge on any atom is 0.408 e. The van der Waals surface area contributed by atoms with E-state index in [4.69, 9.17) is 4.74 Å². The number of aliphatic carboxylic acids is 1. The van der Waals surface area contributed by atoms with Crippen LogP contribution in [0.25, 0.3) is 0 Å². The molecule has 0 aromatic heterocycles. The molecule has 1 aromatic rings. The lowest BCUT2D eigenvalue weighted by molar-refractivity contribution is -0.139. The van der Waals surface area contributed by atoms with Crippen LogP contribution < -0.4 is 5.32 Å². The summed E-state index contributed by atoms with van der Waals surface area (Å²) < 4.78 is 5.12.